The van der Waals surface area contributed by atoms with E-state index in [-0.39, 0.29) is 36.4 Å². The van der Waals surface area contributed by atoms with Gasteiger partial charge >= 0.3 is 0 Å². The van der Waals surface area contributed by atoms with Crippen molar-refractivity contribution in [3.05, 3.63) is 46.1 Å². The highest BCUT2D eigenvalue weighted by Gasteiger charge is 2.16. The molecule has 2 N–H and O–H groups in total. The summed E-state index contributed by atoms with van der Waals surface area (Å²) in [5.41, 5.74) is 0.180. The van der Waals surface area contributed by atoms with Crippen LogP contribution in [0.3, 0.4) is 0 Å². The quantitative estimate of drug-likeness (QED) is 0.819. The number of aromatic amines is 1. The molecular weight excluding hydrogens is 327 g/mol. The van der Waals surface area contributed by atoms with Crippen LogP contribution < -0.4 is 10.9 Å². The van der Waals surface area contributed by atoms with Gasteiger partial charge in [-0.15, -0.1) is 10.2 Å². The third-order valence-electron chi connectivity index (χ3n) is 4.00. The second kappa shape index (κ2) is 7.98. The molecule has 2 aromatic rings. The zero-order valence-corrected chi connectivity index (χ0v) is 13.6. The lowest BCUT2D eigenvalue weighted by molar-refractivity contribution is -0.121. The molecule has 1 unspecified atom stereocenters. The molecule has 1 aliphatic rings. The van der Waals surface area contributed by atoms with Crippen molar-refractivity contribution in [3.63, 3.8) is 0 Å². The third-order valence-corrected chi connectivity index (χ3v) is 4.00. The summed E-state index contributed by atoms with van der Waals surface area (Å²) in [7, 11) is 0. The summed E-state index contributed by atoms with van der Waals surface area (Å²) in [5.74, 6) is -0.394. The number of halogens is 1. The first kappa shape index (κ1) is 17.2. The summed E-state index contributed by atoms with van der Waals surface area (Å²) >= 11 is 0. The second-order valence-corrected chi connectivity index (χ2v) is 5.90. The van der Waals surface area contributed by atoms with Crippen LogP contribution in [0.4, 0.5) is 4.39 Å². The Labute approximate surface area is 143 Å². The number of benzene rings is 1. The van der Waals surface area contributed by atoms with Gasteiger partial charge in [0.15, 0.2) is 5.82 Å². The van der Waals surface area contributed by atoms with Crippen LogP contribution in [0.5, 0.6) is 0 Å². The van der Waals surface area contributed by atoms with E-state index in [0.29, 0.717) is 12.1 Å². The van der Waals surface area contributed by atoms with Crippen molar-refractivity contribution in [3.8, 4) is 11.4 Å². The van der Waals surface area contributed by atoms with E-state index in [1.807, 2.05) is 0 Å². The normalized spacial score (nSPS) is 16.8. The molecule has 1 amide bonds. The molecule has 7 nitrogen and oxygen atoms in total. The summed E-state index contributed by atoms with van der Waals surface area (Å²) in [5, 5.41) is 10.6. The van der Waals surface area contributed by atoms with Crippen LogP contribution in [0.2, 0.25) is 0 Å². The van der Waals surface area contributed by atoms with Gasteiger partial charge in [-0.1, -0.05) is 12.1 Å². The van der Waals surface area contributed by atoms with Gasteiger partial charge in [0.2, 0.25) is 5.91 Å². The number of carbonyl (C=O) groups is 1. The van der Waals surface area contributed by atoms with E-state index >= 15 is 0 Å². The first-order chi connectivity index (χ1) is 12.1. The number of aromatic nitrogens is 3. The number of H-pyrrole nitrogens is 1. The zero-order chi connectivity index (χ0) is 17.6. The van der Waals surface area contributed by atoms with Crippen LogP contribution in [0.15, 0.2) is 29.1 Å². The fourth-order valence-corrected chi connectivity index (χ4v) is 2.64. The Hall–Kier alpha value is -2.61. The smallest absolute Gasteiger partial charge is 0.273 e. The van der Waals surface area contributed by atoms with Gasteiger partial charge < -0.3 is 15.0 Å². The van der Waals surface area contributed by atoms with Crippen LogP contribution >= 0.6 is 0 Å². The highest BCUT2D eigenvalue weighted by Crippen LogP contribution is 2.13. The van der Waals surface area contributed by atoms with Crippen molar-refractivity contribution >= 4 is 5.91 Å². The number of carbonyl (C=O) groups excluding carboxylic acids is 1. The minimum Gasteiger partial charge on any atom is -0.376 e. The maximum absolute atomic E-state index is 13.2. The van der Waals surface area contributed by atoms with Crippen molar-refractivity contribution in [2.45, 2.75) is 31.8 Å². The maximum Gasteiger partial charge on any atom is 0.273 e. The van der Waals surface area contributed by atoms with Crippen LogP contribution in [0.1, 0.15) is 25.0 Å². The summed E-state index contributed by atoms with van der Waals surface area (Å²) < 4.78 is 18.7. The lowest BCUT2D eigenvalue weighted by Crippen LogP contribution is -2.32. The Morgan fingerprint density at radius 3 is 3.00 bits per heavy atom. The lowest BCUT2D eigenvalue weighted by atomic mass is 10.2. The molecule has 3 rings (SSSR count). The number of aryl methyl sites for hydroxylation is 1. The summed E-state index contributed by atoms with van der Waals surface area (Å²) in [6.07, 6.45) is 2.38. The summed E-state index contributed by atoms with van der Waals surface area (Å²) in [6, 6.07) is 5.72. The van der Waals surface area contributed by atoms with E-state index < -0.39 is 11.4 Å². The molecule has 1 saturated heterocycles. The number of hydrogen-bond donors (Lipinski definition) is 2. The second-order valence-electron chi connectivity index (χ2n) is 5.90. The van der Waals surface area contributed by atoms with Crippen molar-refractivity contribution in [1.82, 2.24) is 20.5 Å². The molecule has 1 aromatic heterocycles. The first-order valence-electron chi connectivity index (χ1n) is 8.22. The number of hydrogen-bond acceptors (Lipinski definition) is 5. The fraction of sp³-hybridized carbons (Fsp3) is 0.412. The standard InChI is InChI=1S/C17H19FN4O3/c18-12-4-1-3-11(9-12)16-20-17(24)14(21-22-16)6-7-15(23)19-10-13-5-2-8-25-13/h1,3-4,9,13H,2,5-8,10H2,(H,19,23)(H,20,22,24). The summed E-state index contributed by atoms with van der Waals surface area (Å²) in [4.78, 5) is 26.5. The molecule has 0 radical (unpaired) electrons. The van der Waals surface area contributed by atoms with Crippen molar-refractivity contribution in [1.29, 1.82) is 0 Å². The van der Waals surface area contributed by atoms with Gasteiger partial charge in [0.05, 0.1) is 6.10 Å². The third kappa shape index (κ3) is 4.69. The molecule has 0 aliphatic carbocycles. The Kier molecular flexibility index (Phi) is 5.49. The molecular formula is C17H19FN4O3. The number of rotatable bonds is 6. The predicted molar refractivity (Wildman–Crippen MR) is 88.4 cm³/mol. The van der Waals surface area contributed by atoms with Gasteiger partial charge in [-0.2, -0.15) is 0 Å². The average molecular weight is 346 g/mol. The number of nitrogens with zero attached hydrogens (tertiary/aromatic N) is 2. The van der Waals surface area contributed by atoms with Gasteiger partial charge in [0.1, 0.15) is 11.5 Å². The Morgan fingerprint density at radius 2 is 2.28 bits per heavy atom. The minimum atomic E-state index is -0.429. The molecule has 1 fully saturated rings. The molecule has 25 heavy (non-hydrogen) atoms. The molecule has 2 heterocycles. The highest BCUT2D eigenvalue weighted by molar-refractivity contribution is 5.76. The Morgan fingerprint density at radius 1 is 1.40 bits per heavy atom. The van der Waals surface area contributed by atoms with Crippen LogP contribution in [0.25, 0.3) is 11.4 Å². The monoisotopic (exact) mass is 346 g/mol. The van der Waals surface area contributed by atoms with E-state index in [1.165, 1.54) is 18.2 Å². The van der Waals surface area contributed by atoms with Crippen molar-refractivity contribution < 1.29 is 13.9 Å². The molecule has 0 spiro atoms. The maximum atomic E-state index is 13.2. The zero-order valence-electron chi connectivity index (χ0n) is 13.6. The van der Waals surface area contributed by atoms with E-state index in [1.54, 1.807) is 6.07 Å². The van der Waals surface area contributed by atoms with Crippen molar-refractivity contribution in [2.75, 3.05) is 13.2 Å². The van der Waals surface area contributed by atoms with Gasteiger partial charge in [-0.05, 0) is 25.0 Å². The largest absolute Gasteiger partial charge is 0.376 e. The van der Waals surface area contributed by atoms with Gasteiger partial charge in [0, 0.05) is 31.6 Å². The predicted octanol–water partition coefficient (Wildman–Crippen LogP) is 1.20. The average Bonchev–Trinajstić information content (AvgIpc) is 3.12. The Bertz CT molecular complexity index is 802. The first-order valence-corrected chi connectivity index (χ1v) is 8.22. The molecule has 0 saturated carbocycles. The number of ether oxygens (including phenoxy) is 1. The highest BCUT2D eigenvalue weighted by atomic mass is 19.1. The molecule has 132 valence electrons. The van der Waals surface area contributed by atoms with Crippen molar-refractivity contribution in [2.24, 2.45) is 0 Å². The minimum absolute atomic E-state index is 0.0812. The van der Waals surface area contributed by atoms with Crippen LogP contribution in [-0.2, 0) is 16.0 Å². The van der Waals surface area contributed by atoms with E-state index in [9.17, 15) is 14.0 Å². The fourth-order valence-electron chi connectivity index (χ4n) is 2.64. The topological polar surface area (TPSA) is 97.0 Å². The molecule has 1 atom stereocenters. The van der Waals surface area contributed by atoms with E-state index in [4.69, 9.17) is 4.74 Å². The van der Waals surface area contributed by atoms with Gasteiger partial charge in [-0.3, -0.25) is 9.59 Å². The van der Waals surface area contributed by atoms with E-state index in [2.05, 4.69) is 20.5 Å². The lowest BCUT2D eigenvalue weighted by Gasteiger charge is -2.10. The van der Waals surface area contributed by atoms with Gasteiger partial charge in [0.25, 0.3) is 5.56 Å². The summed E-state index contributed by atoms with van der Waals surface area (Å²) in [6.45, 7) is 1.22. The van der Waals surface area contributed by atoms with Crippen LogP contribution in [0, 0.1) is 5.82 Å². The van der Waals surface area contributed by atoms with E-state index in [0.717, 1.165) is 19.4 Å². The molecule has 8 heteroatoms. The number of amides is 1. The molecule has 1 aliphatic heterocycles. The SMILES string of the molecule is O=C(CCc1nnc(-c2cccc(F)c2)[nH]c1=O)NCC1CCCO1. The molecule has 0 bridgehead atoms. The Balaban J connectivity index is 1.56. The molecule has 1 aromatic carbocycles. The van der Waals surface area contributed by atoms with Gasteiger partial charge in [-0.25, -0.2) is 4.39 Å². The van der Waals surface area contributed by atoms with Crippen LogP contribution in [-0.4, -0.2) is 40.3 Å². The number of nitrogens with one attached hydrogen (secondary N) is 2.